The summed E-state index contributed by atoms with van der Waals surface area (Å²) in [4.78, 5) is 69.5. The molecule has 34 heavy (non-hydrogen) atoms. The van der Waals surface area contributed by atoms with Crippen molar-refractivity contribution in [1.82, 2.24) is 0 Å². The first-order valence-electron chi connectivity index (χ1n) is 11.0. The summed E-state index contributed by atoms with van der Waals surface area (Å²) in [6.45, 7) is 4.75. The number of ether oxygens (including phenoxy) is 5. The van der Waals surface area contributed by atoms with E-state index in [0.717, 1.165) is 0 Å². The van der Waals surface area contributed by atoms with Crippen molar-refractivity contribution in [2.24, 2.45) is 0 Å². The molecule has 0 aliphatic rings. The SMILES string of the molecule is CCCC(=O)OC(COC(=O)C[C@@H](C)OC(=O)CC(C)=O)COC(=O)C[C@H](C)OC(=O)CCO. The number of aliphatic hydroxyl groups is 1. The van der Waals surface area contributed by atoms with Gasteiger partial charge in [0.1, 0.15) is 37.6 Å². The Morgan fingerprint density at radius 3 is 1.62 bits per heavy atom. The highest BCUT2D eigenvalue weighted by Gasteiger charge is 2.22. The van der Waals surface area contributed by atoms with Crippen molar-refractivity contribution in [3.63, 3.8) is 0 Å². The second kappa shape index (κ2) is 17.5. The minimum absolute atomic E-state index is 0.110. The maximum absolute atomic E-state index is 12.0. The van der Waals surface area contributed by atoms with Crippen LogP contribution in [0.15, 0.2) is 0 Å². The molecule has 0 aromatic heterocycles. The lowest BCUT2D eigenvalue weighted by atomic mass is 10.2. The Kier molecular flexibility index (Phi) is 15.9. The molecular weight excluding hydrogens is 456 g/mol. The van der Waals surface area contributed by atoms with Gasteiger partial charge in [-0.15, -0.1) is 0 Å². The van der Waals surface area contributed by atoms with Crippen molar-refractivity contribution in [1.29, 1.82) is 0 Å². The predicted molar refractivity (Wildman–Crippen MR) is 114 cm³/mol. The van der Waals surface area contributed by atoms with Gasteiger partial charge in [0, 0.05) is 6.42 Å². The van der Waals surface area contributed by atoms with Crippen molar-refractivity contribution in [2.45, 2.75) is 84.5 Å². The highest BCUT2D eigenvalue weighted by molar-refractivity contribution is 5.94. The van der Waals surface area contributed by atoms with E-state index in [1.807, 2.05) is 0 Å². The topological polar surface area (TPSA) is 169 Å². The number of carbonyl (C=O) groups excluding carboxylic acids is 6. The monoisotopic (exact) mass is 490 g/mol. The summed E-state index contributed by atoms with van der Waals surface area (Å²) in [7, 11) is 0. The maximum atomic E-state index is 12.0. The van der Waals surface area contributed by atoms with E-state index in [4.69, 9.17) is 28.8 Å². The molecule has 12 heteroatoms. The Bertz CT molecular complexity index is 702. The van der Waals surface area contributed by atoms with Crippen molar-refractivity contribution < 1.29 is 57.6 Å². The van der Waals surface area contributed by atoms with Crippen LogP contribution in [0.25, 0.3) is 0 Å². The van der Waals surface area contributed by atoms with Gasteiger partial charge in [-0.3, -0.25) is 28.8 Å². The summed E-state index contributed by atoms with van der Waals surface area (Å²) < 4.78 is 25.1. The van der Waals surface area contributed by atoms with Crippen LogP contribution in [0.3, 0.4) is 0 Å². The molecule has 0 rings (SSSR count). The van der Waals surface area contributed by atoms with E-state index in [2.05, 4.69) is 0 Å². The first kappa shape index (κ1) is 31.0. The molecule has 0 saturated carbocycles. The minimum atomic E-state index is -1.07. The molecule has 0 aliphatic carbocycles. The van der Waals surface area contributed by atoms with Gasteiger partial charge in [0.15, 0.2) is 6.10 Å². The average molecular weight is 491 g/mol. The van der Waals surface area contributed by atoms with Gasteiger partial charge in [0.2, 0.25) is 0 Å². The molecule has 0 aromatic carbocycles. The molecule has 0 radical (unpaired) electrons. The molecular formula is C22H34O12. The number of carbonyl (C=O) groups is 6. The van der Waals surface area contributed by atoms with Crippen molar-refractivity contribution in [3.8, 4) is 0 Å². The summed E-state index contributed by atoms with van der Waals surface area (Å²) in [5.74, 6) is -3.86. The largest absolute Gasteiger partial charge is 0.462 e. The van der Waals surface area contributed by atoms with Crippen LogP contribution in [0.1, 0.15) is 66.2 Å². The second-order valence-corrected chi connectivity index (χ2v) is 7.59. The number of esters is 5. The Balaban J connectivity index is 4.66. The van der Waals surface area contributed by atoms with Gasteiger partial charge in [-0.25, -0.2) is 0 Å². The first-order valence-corrected chi connectivity index (χ1v) is 11.0. The number of hydrogen-bond acceptors (Lipinski definition) is 12. The molecule has 12 nitrogen and oxygen atoms in total. The highest BCUT2D eigenvalue weighted by atomic mass is 16.6. The van der Waals surface area contributed by atoms with Crippen LogP contribution in [-0.2, 0) is 52.5 Å². The molecule has 3 atom stereocenters. The van der Waals surface area contributed by atoms with Crippen LogP contribution in [0.4, 0.5) is 0 Å². The van der Waals surface area contributed by atoms with E-state index in [9.17, 15) is 28.8 Å². The normalized spacial score (nSPS) is 13.1. The molecule has 1 unspecified atom stereocenters. The molecule has 1 N–H and O–H groups in total. The van der Waals surface area contributed by atoms with Gasteiger partial charge in [0.05, 0.1) is 25.9 Å². The van der Waals surface area contributed by atoms with Gasteiger partial charge in [0.25, 0.3) is 0 Å². The van der Waals surface area contributed by atoms with Crippen molar-refractivity contribution in [3.05, 3.63) is 0 Å². The van der Waals surface area contributed by atoms with Crippen LogP contribution in [-0.4, -0.2) is 78.9 Å². The third-order valence-electron chi connectivity index (χ3n) is 3.90. The van der Waals surface area contributed by atoms with Gasteiger partial charge >= 0.3 is 29.8 Å². The summed E-state index contributed by atoms with van der Waals surface area (Å²) in [5, 5.41) is 8.69. The summed E-state index contributed by atoms with van der Waals surface area (Å²) in [6, 6.07) is 0. The van der Waals surface area contributed by atoms with Crippen LogP contribution in [0.2, 0.25) is 0 Å². The standard InChI is InChI=1S/C22H34O12/c1-5-6-18(25)34-17(12-30-20(27)10-15(3)32-19(26)7-8-23)13-31-21(28)11-16(4)33-22(29)9-14(2)24/h15-17,23H,5-13H2,1-4H3/t15-,16+,17?/m0/s1. The van der Waals surface area contributed by atoms with E-state index in [0.29, 0.717) is 6.42 Å². The molecule has 0 bridgehead atoms. The Labute approximate surface area is 198 Å². The lowest BCUT2D eigenvalue weighted by Crippen LogP contribution is -2.32. The second-order valence-electron chi connectivity index (χ2n) is 7.59. The van der Waals surface area contributed by atoms with Gasteiger partial charge < -0.3 is 28.8 Å². The molecule has 0 fully saturated rings. The fourth-order valence-corrected chi connectivity index (χ4v) is 2.45. The highest BCUT2D eigenvalue weighted by Crippen LogP contribution is 2.07. The minimum Gasteiger partial charge on any atom is -0.462 e. The fraction of sp³-hybridized carbons (Fsp3) is 0.727. The van der Waals surface area contributed by atoms with E-state index in [1.165, 1.54) is 20.8 Å². The molecule has 194 valence electrons. The third kappa shape index (κ3) is 16.6. The van der Waals surface area contributed by atoms with Gasteiger partial charge in [-0.1, -0.05) is 6.92 Å². The first-order chi connectivity index (χ1) is 16.0. The predicted octanol–water partition coefficient (Wildman–Crippen LogP) is 0.790. The molecule has 0 saturated heterocycles. The number of aliphatic hydroxyl groups excluding tert-OH is 1. The van der Waals surface area contributed by atoms with Crippen LogP contribution < -0.4 is 0 Å². The van der Waals surface area contributed by atoms with E-state index in [-0.39, 0.29) is 38.1 Å². The zero-order chi connectivity index (χ0) is 26.1. The molecule has 0 amide bonds. The maximum Gasteiger partial charge on any atom is 0.313 e. The van der Waals surface area contributed by atoms with E-state index < -0.39 is 67.8 Å². The zero-order valence-corrected chi connectivity index (χ0v) is 20.0. The lowest BCUT2D eigenvalue weighted by Gasteiger charge is -2.19. The zero-order valence-electron chi connectivity index (χ0n) is 20.0. The van der Waals surface area contributed by atoms with Crippen molar-refractivity contribution in [2.75, 3.05) is 19.8 Å². The molecule has 0 heterocycles. The lowest BCUT2D eigenvalue weighted by molar-refractivity contribution is -0.169. The molecule has 0 aliphatic heterocycles. The smallest absolute Gasteiger partial charge is 0.313 e. The number of ketones is 1. The molecule has 0 spiro atoms. The average Bonchev–Trinajstić information content (AvgIpc) is 2.69. The Hall–Kier alpha value is -3.02. The Morgan fingerprint density at radius 1 is 0.706 bits per heavy atom. The van der Waals surface area contributed by atoms with E-state index in [1.54, 1.807) is 6.92 Å². The van der Waals surface area contributed by atoms with Crippen LogP contribution in [0, 0.1) is 0 Å². The fourth-order valence-electron chi connectivity index (χ4n) is 2.45. The van der Waals surface area contributed by atoms with Gasteiger partial charge in [-0.2, -0.15) is 0 Å². The summed E-state index contributed by atoms with van der Waals surface area (Å²) >= 11 is 0. The van der Waals surface area contributed by atoms with E-state index >= 15 is 0 Å². The quantitative estimate of drug-likeness (QED) is 0.173. The summed E-state index contributed by atoms with van der Waals surface area (Å²) in [5.41, 5.74) is 0. The third-order valence-corrected chi connectivity index (χ3v) is 3.90. The number of Topliss-reactive ketones (excluding diaryl/α,β-unsaturated/α-hetero) is 1. The summed E-state index contributed by atoms with van der Waals surface area (Å²) in [6.07, 6.45) is -3.25. The number of hydrogen-bond donors (Lipinski definition) is 1. The van der Waals surface area contributed by atoms with Gasteiger partial charge in [-0.05, 0) is 27.2 Å². The Morgan fingerprint density at radius 2 is 1.18 bits per heavy atom. The number of rotatable bonds is 17. The molecule has 0 aromatic rings. The van der Waals surface area contributed by atoms with Crippen molar-refractivity contribution >= 4 is 35.6 Å². The van der Waals surface area contributed by atoms with Crippen LogP contribution in [0.5, 0.6) is 0 Å². The van der Waals surface area contributed by atoms with Crippen LogP contribution >= 0.6 is 0 Å².